The van der Waals surface area contributed by atoms with E-state index < -0.39 is 5.91 Å². The van der Waals surface area contributed by atoms with Crippen LogP contribution in [0.2, 0.25) is 5.15 Å². The first-order valence-electron chi connectivity index (χ1n) is 10.2. The Hall–Kier alpha value is -4.31. The number of hydrogen-bond acceptors (Lipinski definition) is 5. The summed E-state index contributed by atoms with van der Waals surface area (Å²) in [6.45, 7) is 1.97. The molecule has 9 nitrogen and oxygen atoms in total. The van der Waals surface area contributed by atoms with E-state index in [-0.39, 0.29) is 28.6 Å². The molecular formula is C23H17ClFN7O2. The number of aromatic nitrogens is 6. The zero-order chi connectivity index (χ0) is 23.8. The molecule has 0 radical (unpaired) electrons. The van der Waals surface area contributed by atoms with Crippen LogP contribution in [0, 0.1) is 12.7 Å². The third kappa shape index (κ3) is 3.84. The lowest BCUT2D eigenvalue weighted by molar-refractivity contribution is 0.102. The van der Waals surface area contributed by atoms with Crippen LogP contribution < -0.4 is 10.9 Å². The first-order valence-corrected chi connectivity index (χ1v) is 10.6. The number of amides is 1. The molecule has 0 unspecified atom stereocenters. The third-order valence-electron chi connectivity index (χ3n) is 5.29. The van der Waals surface area contributed by atoms with Crippen molar-refractivity contribution in [3.63, 3.8) is 0 Å². The van der Waals surface area contributed by atoms with Crippen molar-refractivity contribution in [3.8, 4) is 5.69 Å². The van der Waals surface area contributed by atoms with Crippen LogP contribution in [0.15, 0.2) is 65.8 Å². The molecule has 0 atom stereocenters. The normalized spacial score (nSPS) is 11.1. The van der Waals surface area contributed by atoms with Crippen LogP contribution in [0.1, 0.15) is 21.6 Å². The van der Waals surface area contributed by atoms with Gasteiger partial charge in [0.2, 0.25) is 0 Å². The van der Waals surface area contributed by atoms with E-state index in [9.17, 15) is 14.0 Å². The number of rotatable bonds is 5. The van der Waals surface area contributed by atoms with E-state index in [1.807, 2.05) is 0 Å². The van der Waals surface area contributed by atoms with E-state index in [1.54, 1.807) is 43.3 Å². The predicted molar refractivity (Wildman–Crippen MR) is 125 cm³/mol. The van der Waals surface area contributed by atoms with E-state index in [0.29, 0.717) is 28.1 Å². The number of halogens is 2. The summed E-state index contributed by atoms with van der Waals surface area (Å²) in [5.41, 5.74) is 2.47. The van der Waals surface area contributed by atoms with E-state index in [4.69, 9.17) is 11.6 Å². The highest BCUT2D eigenvalue weighted by atomic mass is 35.5. The lowest BCUT2D eigenvalue weighted by atomic mass is 10.2. The molecule has 0 bridgehead atoms. The van der Waals surface area contributed by atoms with E-state index in [0.717, 1.165) is 5.56 Å². The first kappa shape index (κ1) is 21.5. The fourth-order valence-electron chi connectivity index (χ4n) is 3.66. The van der Waals surface area contributed by atoms with Gasteiger partial charge < -0.3 is 10.3 Å². The SMILES string of the molecule is Cc1nn(Cc2ccc(F)cc2)c(Cl)c1C(=O)Nc1ccccc1-n1ncc2c(=O)[nH]cnc21. The number of carbonyl (C=O) groups is 1. The highest BCUT2D eigenvalue weighted by molar-refractivity contribution is 6.33. The molecule has 5 aromatic rings. The lowest BCUT2D eigenvalue weighted by Crippen LogP contribution is -2.15. The maximum Gasteiger partial charge on any atom is 0.261 e. The van der Waals surface area contributed by atoms with Crippen molar-refractivity contribution in [2.24, 2.45) is 0 Å². The number of anilines is 1. The van der Waals surface area contributed by atoms with Gasteiger partial charge in [0, 0.05) is 0 Å². The molecule has 11 heteroatoms. The maximum atomic E-state index is 13.2. The van der Waals surface area contributed by atoms with E-state index >= 15 is 0 Å². The van der Waals surface area contributed by atoms with E-state index in [2.05, 4.69) is 25.5 Å². The molecule has 3 aromatic heterocycles. The second-order valence-corrected chi connectivity index (χ2v) is 7.89. The average molecular weight is 478 g/mol. The topological polar surface area (TPSA) is 110 Å². The van der Waals surface area contributed by atoms with Crippen molar-refractivity contribution in [2.75, 3.05) is 5.32 Å². The van der Waals surface area contributed by atoms with Crippen LogP contribution in [0.4, 0.5) is 10.1 Å². The van der Waals surface area contributed by atoms with Gasteiger partial charge in [0.1, 0.15) is 16.4 Å². The van der Waals surface area contributed by atoms with Gasteiger partial charge in [-0.25, -0.2) is 18.7 Å². The fraction of sp³-hybridized carbons (Fsp3) is 0.0870. The van der Waals surface area contributed by atoms with Gasteiger partial charge >= 0.3 is 0 Å². The number of carbonyl (C=O) groups excluding carboxylic acids is 1. The summed E-state index contributed by atoms with van der Waals surface area (Å²) < 4.78 is 16.2. The summed E-state index contributed by atoms with van der Waals surface area (Å²) in [6.07, 6.45) is 2.71. The van der Waals surface area contributed by atoms with Crippen LogP contribution >= 0.6 is 11.6 Å². The number of para-hydroxylation sites is 2. The molecule has 0 spiro atoms. The molecular weight excluding hydrogens is 461 g/mol. The predicted octanol–water partition coefficient (Wildman–Crippen LogP) is 3.71. The number of H-pyrrole nitrogens is 1. The molecule has 3 heterocycles. The quantitative estimate of drug-likeness (QED) is 0.401. The van der Waals surface area contributed by atoms with Crippen LogP contribution in [0.3, 0.4) is 0 Å². The van der Waals surface area contributed by atoms with Gasteiger partial charge in [-0.1, -0.05) is 35.9 Å². The number of aromatic amines is 1. The highest BCUT2D eigenvalue weighted by Crippen LogP contribution is 2.26. The Morgan fingerprint density at radius 3 is 2.74 bits per heavy atom. The van der Waals surface area contributed by atoms with Gasteiger partial charge in [-0.15, -0.1) is 0 Å². The highest BCUT2D eigenvalue weighted by Gasteiger charge is 2.22. The van der Waals surface area contributed by atoms with Crippen molar-refractivity contribution in [1.82, 2.24) is 29.5 Å². The van der Waals surface area contributed by atoms with Crippen molar-refractivity contribution in [2.45, 2.75) is 13.5 Å². The largest absolute Gasteiger partial charge is 0.320 e. The molecule has 1 amide bonds. The van der Waals surface area contributed by atoms with Gasteiger partial charge in [-0.2, -0.15) is 10.2 Å². The molecule has 5 rings (SSSR count). The summed E-state index contributed by atoms with van der Waals surface area (Å²) in [6, 6.07) is 13.0. The number of nitrogens with zero attached hydrogens (tertiary/aromatic N) is 5. The summed E-state index contributed by atoms with van der Waals surface area (Å²) in [7, 11) is 0. The number of nitrogens with one attached hydrogen (secondary N) is 2. The zero-order valence-corrected chi connectivity index (χ0v) is 18.5. The minimum absolute atomic E-state index is 0.162. The van der Waals surface area contributed by atoms with Crippen LogP contribution in [0.25, 0.3) is 16.7 Å². The number of fused-ring (bicyclic) bond motifs is 1. The molecule has 0 saturated carbocycles. The second kappa shape index (κ2) is 8.56. The molecule has 0 aliphatic rings. The Morgan fingerprint density at radius 2 is 1.94 bits per heavy atom. The molecule has 0 fully saturated rings. The van der Waals surface area contributed by atoms with Gasteiger partial charge in [-0.3, -0.25) is 9.59 Å². The molecule has 0 saturated heterocycles. The lowest BCUT2D eigenvalue weighted by Gasteiger charge is -2.11. The van der Waals surface area contributed by atoms with Crippen LogP contribution in [-0.2, 0) is 6.54 Å². The van der Waals surface area contributed by atoms with Crippen molar-refractivity contribution in [1.29, 1.82) is 0 Å². The Morgan fingerprint density at radius 1 is 1.18 bits per heavy atom. The summed E-state index contributed by atoms with van der Waals surface area (Å²) >= 11 is 6.51. The van der Waals surface area contributed by atoms with Crippen molar-refractivity contribution < 1.29 is 9.18 Å². The Kier molecular flexibility index (Phi) is 5.42. The smallest absolute Gasteiger partial charge is 0.261 e. The second-order valence-electron chi connectivity index (χ2n) is 7.53. The van der Waals surface area contributed by atoms with Crippen LogP contribution in [-0.4, -0.2) is 35.4 Å². The third-order valence-corrected chi connectivity index (χ3v) is 5.67. The Bertz CT molecular complexity index is 1590. The number of benzene rings is 2. The minimum atomic E-state index is -0.456. The summed E-state index contributed by atoms with van der Waals surface area (Å²) in [4.78, 5) is 32.0. The van der Waals surface area contributed by atoms with Gasteiger partial charge in [0.05, 0.1) is 41.7 Å². The first-order chi connectivity index (χ1) is 16.4. The fourth-order valence-corrected chi connectivity index (χ4v) is 3.98. The molecule has 2 aromatic carbocycles. The molecule has 0 aliphatic carbocycles. The number of hydrogen-bond donors (Lipinski definition) is 2. The van der Waals surface area contributed by atoms with Gasteiger partial charge in [0.25, 0.3) is 11.5 Å². The van der Waals surface area contributed by atoms with Crippen molar-refractivity contribution in [3.05, 3.63) is 99.2 Å². The van der Waals surface area contributed by atoms with Crippen molar-refractivity contribution >= 4 is 34.2 Å². The minimum Gasteiger partial charge on any atom is -0.320 e. The standard InChI is InChI=1S/C23H17ClFN7O2/c1-13-19(20(24)31(30-13)11-14-6-8-15(25)9-7-14)23(34)29-17-4-2-3-5-18(17)32-21-16(10-28-32)22(33)27-12-26-21/h2-10,12H,11H2,1H3,(H,29,34)(H,26,27,33). The van der Waals surface area contributed by atoms with Gasteiger partial charge in [-0.05, 0) is 36.8 Å². The monoisotopic (exact) mass is 477 g/mol. The number of aryl methyl sites for hydroxylation is 1. The summed E-state index contributed by atoms with van der Waals surface area (Å²) in [5.74, 6) is -0.794. The average Bonchev–Trinajstić information content (AvgIpc) is 3.37. The molecule has 170 valence electrons. The molecule has 2 N–H and O–H groups in total. The maximum absolute atomic E-state index is 13.2. The Balaban J connectivity index is 1.47. The van der Waals surface area contributed by atoms with E-state index in [1.165, 1.54) is 34.0 Å². The zero-order valence-electron chi connectivity index (χ0n) is 17.8. The van der Waals surface area contributed by atoms with Crippen LogP contribution in [0.5, 0.6) is 0 Å². The van der Waals surface area contributed by atoms with Gasteiger partial charge in [0.15, 0.2) is 5.65 Å². The molecule has 34 heavy (non-hydrogen) atoms. The Labute approximate surface area is 196 Å². The molecule has 0 aliphatic heterocycles. The summed E-state index contributed by atoms with van der Waals surface area (Å²) in [5, 5.41) is 12.0.